The van der Waals surface area contributed by atoms with Crippen molar-refractivity contribution in [2.24, 2.45) is 5.92 Å². The van der Waals surface area contributed by atoms with Gasteiger partial charge < -0.3 is 14.2 Å². The first kappa shape index (κ1) is 11.2. The highest BCUT2D eigenvalue weighted by Crippen LogP contribution is 2.51. The maximum absolute atomic E-state index is 5.93. The average molecular weight is 208 g/mol. The van der Waals surface area contributed by atoms with Crippen molar-refractivity contribution in [3.8, 4) is 0 Å². The second-order valence-corrected chi connectivity index (χ2v) is 4.32. The van der Waals surface area contributed by atoms with Crippen LogP contribution in [0.5, 0.6) is 0 Å². The molecule has 0 amide bonds. The van der Waals surface area contributed by atoms with E-state index in [9.17, 15) is 0 Å². The third-order valence-electron chi connectivity index (χ3n) is 3.30. The molecule has 3 nitrogen and oxygen atoms in total. The lowest BCUT2D eigenvalue weighted by molar-refractivity contribution is -0.117. The molecular weight excluding hydrogens is 191 g/mol. The lowest BCUT2D eigenvalue weighted by atomic mass is 9.83. The summed E-state index contributed by atoms with van der Waals surface area (Å²) in [6.45, 7) is 7.21. The summed E-state index contributed by atoms with van der Waals surface area (Å²) >= 11 is 0. The van der Waals surface area contributed by atoms with Crippen LogP contribution in [0.3, 0.4) is 0 Å². The molecule has 1 aliphatic heterocycles. The summed E-state index contributed by atoms with van der Waals surface area (Å²) in [5.41, 5.74) is 0.732. The molecule has 15 heavy (non-hydrogen) atoms. The Bertz CT molecular complexity index is 269. The summed E-state index contributed by atoms with van der Waals surface area (Å²) in [6, 6.07) is -0.294. The molecule has 0 spiro atoms. The molecule has 82 valence electrons. The molecule has 2 aliphatic rings. The van der Waals surface area contributed by atoms with Gasteiger partial charge in [-0.2, -0.15) is 0 Å². The normalized spacial score (nSPS) is 43.9. The van der Waals surface area contributed by atoms with E-state index in [0.29, 0.717) is 13.2 Å². The fourth-order valence-electron chi connectivity index (χ4n) is 2.85. The molecule has 2 radical (unpaired) electrons. The van der Waals surface area contributed by atoms with E-state index < -0.39 is 5.60 Å². The number of rotatable bonds is 4. The van der Waals surface area contributed by atoms with Crippen molar-refractivity contribution in [1.29, 1.82) is 0 Å². The van der Waals surface area contributed by atoms with Gasteiger partial charge in [0.15, 0.2) is 0 Å². The first-order valence-corrected chi connectivity index (χ1v) is 5.36. The molecule has 2 bridgehead atoms. The monoisotopic (exact) mass is 208 g/mol. The zero-order valence-electron chi connectivity index (χ0n) is 9.36. The summed E-state index contributed by atoms with van der Waals surface area (Å²) in [5.74, 6) is 0.125. The van der Waals surface area contributed by atoms with Crippen molar-refractivity contribution in [3.63, 3.8) is 0 Å². The quantitative estimate of drug-likeness (QED) is 0.507. The van der Waals surface area contributed by atoms with Crippen LogP contribution in [0.2, 0.25) is 0 Å². The second-order valence-electron chi connectivity index (χ2n) is 4.32. The fourth-order valence-corrected chi connectivity index (χ4v) is 2.85. The van der Waals surface area contributed by atoms with Crippen LogP contribution in [0.4, 0.5) is 0 Å². The zero-order chi connectivity index (χ0) is 11.1. The smallest absolute Gasteiger partial charge is 0.121 e. The van der Waals surface area contributed by atoms with Crippen molar-refractivity contribution in [2.45, 2.75) is 31.1 Å². The van der Waals surface area contributed by atoms with E-state index in [1.807, 2.05) is 6.92 Å². The Labute approximate surface area is 92.2 Å². The SMILES string of the molecule is [B][C@@H]1O[C@]2(COC)CC(=C)[C@H]1C2OCC. The largest absolute Gasteiger partial charge is 0.382 e. The predicted molar refractivity (Wildman–Crippen MR) is 57.9 cm³/mol. The Morgan fingerprint density at radius 3 is 2.93 bits per heavy atom. The minimum Gasteiger partial charge on any atom is -0.382 e. The Morgan fingerprint density at radius 2 is 2.40 bits per heavy atom. The van der Waals surface area contributed by atoms with Crippen LogP contribution < -0.4 is 0 Å². The molecule has 1 saturated carbocycles. The van der Waals surface area contributed by atoms with E-state index in [-0.39, 0.29) is 18.0 Å². The number of hydrogen-bond acceptors (Lipinski definition) is 3. The van der Waals surface area contributed by atoms with Gasteiger partial charge in [-0.25, -0.2) is 0 Å². The molecule has 0 N–H and O–H groups in total. The van der Waals surface area contributed by atoms with E-state index in [0.717, 1.165) is 12.0 Å². The topological polar surface area (TPSA) is 27.7 Å². The van der Waals surface area contributed by atoms with Gasteiger partial charge in [-0.05, 0) is 6.92 Å². The maximum Gasteiger partial charge on any atom is 0.121 e. The van der Waals surface area contributed by atoms with Crippen LogP contribution >= 0.6 is 0 Å². The van der Waals surface area contributed by atoms with Crippen LogP contribution in [0, 0.1) is 5.92 Å². The van der Waals surface area contributed by atoms with Crippen molar-refractivity contribution >= 4 is 7.85 Å². The molecule has 2 rings (SSSR count). The lowest BCUT2D eigenvalue weighted by Crippen LogP contribution is -2.43. The summed E-state index contributed by atoms with van der Waals surface area (Å²) in [7, 11) is 7.60. The highest BCUT2D eigenvalue weighted by atomic mass is 16.6. The van der Waals surface area contributed by atoms with Gasteiger partial charge in [-0.15, -0.1) is 0 Å². The van der Waals surface area contributed by atoms with Crippen LogP contribution in [-0.2, 0) is 14.2 Å². The van der Waals surface area contributed by atoms with Crippen LogP contribution in [0.15, 0.2) is 12.2 Å². The van der Waals surface area contributed by atoms with Crippen molar-refractivity contribution < 1.29 is 14.2 Å². The Morgan fingerprint density at radius 1 is 1.67 bits per heavy atom. The first-order chi connectivity index (χ1) is 7.14. The number of ether oxygens (including phenoxy) is 3. The van der Waals surface area contributed by atoms with Gasteiger partial charge >= 0.3 is 0 Å². The highest BCUT2D eigenvalue weighted by molar-refractivity contribution is 6.11. The minimum atomic E-state index is -0.397. The van der Waals surface area contributed by atoms with Crippen LogP contribution in [0.1, 0.15) is 13.3 Å². The van der Waals surface area contributed by atoms with Gasteiger partial charge in [0.25, 0.3) is 0 Å². The fraction of sp³-hybridized carbons (Fsp3) is 0.818. The molecule has 4 atom stereocenters. The molecule has 4 heteroatoms. The van der Waals surface area contributed by atoms with E-state index in [2.05, 4.69) is 6.58 Å². The zero-order valence-corrected chi connectivity index (χ0v) is 9.36. The molecule has 1 unspecified atom stereocenters. The summed E-state index contributed by atoms with van der Waals surface area (Å²) in [6.07, 6.45) is 0.800. The molecule has 1 heterocycles. The third-order valence-corrected chi connectivity index (χ3v) is 3.30. The summed E-state index contributed by atoms with van der Waals surface area (Å²) < 4.78 is 16.7. The third kappa shape index (κ3) is 1.55. The molecule has 0 aromatic carbocycles. The lowest BCUT2D eigenvalue weighted by Gasteiger charge is -2.31. The molecule has 2 fully saturated rings. The van der Waals surface area contributed by atoms with E-state index in [1.165, 1.54) is 0 Å². The van der Waals surface area contributed by atoms with E-state index >= 15 is 0 Å². The molecule has 0 aromatic heterocycles. The maximum atomic E-state index is 5.93. The van der Waals surface area contributed by atoms with Crippen LogP contribution in [-0.4, -0.2) is 45.9 Å². The van der Waals surface area contributed by atoms with Gasteiger partial charge in [0.1, 0.15) is 13.4 Å². The summed E-state index contributed by atoms with van der Waals surface area (Å²) in [5, 5.41) is 0. The Balaban J connectivity index is 2.23. The Hall–Kier alpha value is -0.315. The Kier molecular flexibility index (Phi) is 2.93. The second kappa shape index (κ2) is 3.93. The highest BCUT2D eigenvalue weighted by Gasteiger charge is 2.60. The van der Waals surface area contributed by atoms with Gasteiger partial charge in [0.2, 0.25) is 0 Å². The molecule has 1 saturated heterocycles. The molecular formula is C11H17BO3. The van der Waals surface area contributed by atoms with Gasteiger partial charge in [0.05, 0.1) is 12.7 Å². The van der Waals surface area contributed by atoms with E-state index in [4.69, 9.17) is 22.1 Å². The van der Waals surface area contributed by atoms with E-state index in [1.54, 1.807) is 7.11 Å². The first-order valence-electron chi connectivity index (χ1n) is 5.36. The van der Waals surface area contributed by atoms with Crippen LogP contribution in [0.25, 0.3) is 0 Å². The van der Waals surface area contributed by atoms with Gasteiger partial charge in [-0.1, -0.05) is 12.2 Å². The number of hydrogen-bond donors (Lipinski definition) is 0. The number of fused-ring (bicyclic) bond motifs is 2. The van der Waals surface area contributed by atoms with Gasteiger partial charge in [-0.3, -0.25) is 0 Å². The standard InChI is InChI=1S/C11H17BO3/c1-4-14-9-8-7(2)5-11(9,6-13-3)15-10(8)12/h8-10H,2,4-6H2,1,3H3/t8-,9?,10+,11-/m0/s1. The molecule has 1 aliphatic carbocycles. The molecule has 0 aromatic rings. The summed E-state index contributed by atoms with van der Waals surface area (Å²) in [4.78, 5) is 0. The van der Waals surface area contributed by atoms with Crippen molar-refractivity contribution in [1.82, 2.24) is 0 Å². The van der Waals surface area contributed by atoms with Crippen molar-refractivity contribution in [3.05, 3.63) is 12.2 Å². The minimum absolute atomic E-state index is 0.00458. The number of methoxy groups -OCH3 is 1. The van der Waals surface area contributed by atoms with Gasteiger partial charge in [0, 0.05) is 32.1 Å². The predicted octanol–water partition coefficient (Wildman–Crippen LogP) is 0.878. The average Bonchev–Trinajstić information content (AvgIpc) is 2.53. The van der Waals surface area contributed by atoms with Crippen molar-refractivity contribution in [2.75, 3.05) is 20.3 Å².